The van der Waals surface area contributed by atoms with Crippen molar-refractivity contribution in [1.29, 1.82) is 0 Å². The Labute approximate surface area is 213 Å². The number of aliphatic imine (C=N–C) groups is 1. The number of hydrogen-bond acceptors (Lipinski definition) is 5. The summed E-state index contributed by atoms with van der Waals surface area (Å²) in [4.78, 5) is 19.0. The highest BCUT2D eigenvalue weighted by atomic mass is 127. The van der Waals surface area contributed by atoms with Crippen molar-refractivity contribution in [2.45, 2.75) is 25.9 Å². The number of hydrogen-bond donors (Lipinski definition) is 3. The van der Waals surface area contributed by atoms with E-state index in [0.717, 1.165) is 48.8 Å². The number of guanidine groups is 1. The SMILES string of the molecule is CCNC(=NCC(=O)NCc1ccc(OC)cc1)NC1CCN(c2ccccc2OC)C1.I. The van der Waals surface area contributed by atoms with E-state index in [2.05, 4.69) is 31.9 Å². The van der Waals surface area contributed by atoms with Gasteiger partial charge in [-0.15, -0.1) is 24.0 Å². The lowest BCUT2D eigenvalue weighted by Crippen LogP contribution is -2.45. The monoisotopic (exact) mass is 567 g/mol. The van der Waals surface area contributed by atoms with E-state index < -0.39 is 0 Å². The Morgan fingerprint density at radius 1 is 1.09 bits per heavy atom. The highest BCUT2D eigenvalue weighted by Gasteiger charge is 2.25. The molecule has 1 saturated heterocycles. The summed E-state index contributed by atoms with van der Waals surface area (Å²) in [6.45, 7) is 5.03. The van der Waals surface area contributed by atoms with Crippen LogP contribution in [0.15, 0.2) is 53.5 Å². The first-order chi connectivity index (χ1) is 15.6. The van der Waals surface area contributed by atoms with Crippen LogP contribution in [0.5, 0.6) is 11.5 Å². The highest BCUT2D eigenvalue weighted by Crippen LogP contribution is 2.30. The highest BCUT2D eigenvalue weighted by molar-refractivity contribution is 14.0. The van der Waals surface area contributed by atoms with Crippen molar-refractivity contribution in [3.63, 3.8) is 0 Å². The maximum Gasteiger partial charge on any atom is 0.242 e. The molecule has 2 aromatic rings. The van der Waals surface area contributed by atoms with Crippen LogP contribution in [0, 0.1) is 0 Å². The summed E-state index contributed by atoms with van der Waals surface area (Å²) >= 11 is 0. The summed E-state index contributed by atoms with van der Waals surface area (Å²) in [7, 11) is 3.33. The molecule has 180 valence electrons. The molecule has 0 saturated carbocycles. The summed E-state index contributed by atoms with van der Waals surface area (Å²) in [5.74, 6) is 2.20. The zero-order chi connectivity index (χ0) is 22.8. The summed E-state index contributed by atoms with van der Waals surface area (Å²) in [5, 5.41) is 9.59. The van der Waals surface area contributed by atoms with Gasteiger partial charge in [-0.25, -0.2) is 4.99 Å². The molecule has 8 nitrogen and oxygen atoms in total. The second-order valence-corrected chi connectivity index (χ2v) is 7.57. The van der Waals surface area contributed by atoms with Gasteiger partial charge >= 0.3 is 0 Å². The number of amides is 1. The minimum absolute atomic E-state index is 0. The Bertz CT molecular complexity index is 907. The summed E-state index contributed by atoms with van der Waals surface area (Å²) < 4.78 is 10.6. The van der Waals surface area contributed by atoms with Gasteiger partial charge in [0.15, 0.2) is 5.96 Å². The first-order valence-electron chi connectivity index (χ1n) is 10.9. The van der Waals surface area contributed by atoms with Crippen LogP contribution in [0.1, 0.15) is 18.9 Å². The minimum atomic E-state index is -0.125. The molecule has 1 aliphatic rings. The lowest BCUT2D eigenvalue weighted by atomic mass is 10.2. The number of anilines is 1. The first kappa shape index (κ1) is 26.6. The Hall–Kier alpha value is -2.69. The van der Waals surface area contributed by atoms with Crippen LogP contribution in [0.3, 0.4) is 0 Å². The Morgan fingerprint density at radius 3 is 2.55 bits per heavy atom. The van der Waals surface area contributed by atoms with E-state index in [1.54, 1.807) is 14.2 Å². The van der Waals surface area contributed by atoms with E-state index in [1.807, 2.05) is 49.4 Å². The smallest absolute Gasteiger partial charge is 0.242 e. The number of benzene rings is 2. The van der Waals surface area contributed by atoms with Crippen molar-refractivity contribution in [1.82, 2.24) is 16.0 Å². The van der Waals surface area contributed by atoms with Gasteiger partial charge in [-0.2, -0.15) is 0 Å². The molecule has 0 spiro atoms. The van der Waals surface area contributed by atoms with Gasteiger partial charge in [-0.1, -0.05) is 24.3 Å². The van der Waals surface area contributed by atoms with Crippen LogP contribution in [0.2, 0.25) is 0 Å². The summed E-state index contributed by atoms with van der Waals surface area (Å²) in [6.07, 6.45) is 0.978. The van der Waals surface area contributed by atoms with E-state index in [1.165, 1.54) is 0 Å². The van der Waals surface area contributed by atoms with Crippen molar-refractivity contribution in [3.8, 4) is 11.5 Å². The van der Waals surface area contributed by atoms with Crippen LogP contribution < -0.4 is 30.3 Å². The maximum absolute atomic E-state index is 12.3. The van der Waals surface area contributed by atoms with Gasteiger partial charge in [0, 0.05) is 32.2 Å². The predicted octanol–water partition coefficient (Wildman–Crippen LogP) is 2.77. The summed E-state index contributed by atoms with van der Waals surface area (Å²) in [5.41, 5.74) is 2.11. The van der Waals surface area contributed by atoms with Crippen LogP contribution in [0.25, 0.3) is 0 Å². The van der Waals surface area contributed by atoms with Gasteiger partial charge in [0.1, 0.15) is 18.0 Å². The fourth-order valence-corrected chi connectivity index (χ4v) is 3.65. The molecule has 1 heterocycles. The third-order valence-electron chi connectivity index (χ3n) is 5.33. The third-order valence-corrected chi connectivity index (χ3v) is 5.33. The van der Waals surface area contributed by atoms with Crippen molar-refractivity contribution < 1.29 is 14.3 Å². The molecule has 1 amide bonds. The molecule has 0 aliphatic carbocycles. The van der Waals surface area contributed by atoms with Crippen LogP contribution in [-0.2, 0) is 11.3 Å². The molecule has 3 rings (SSSR count). The molecule has 0 radical (unpaired) electrons. The van der Waals surface area contributed by atoms with Gasteiger partial charge in [0.2, 0.25) is 5.91 Å². The Balaban J connectivity index is 0.00000385. The van der Waals surface area contributed by atoms with E-state index >= 15 is 0 Å². The summed E-state index contributed by atoms with van der Waals surface area (Å²) in [6, 6.07) is 15.9. The van der Waals surface area contributed by atoms with Crippen molar-refractivity contribution in [2.24, 2.45) is 4.99 Å². The zero-order valence-electron chi connectivity index (χ0n) is 19.5. The Kier molecular flexibility index (Phi) is 11.1. The second kappa shape index (κ2) is 13.8. The molecule has 1 aliphatic heterocycles. The van der Waals surface area contributed by atoms with Crippen LogP contribution in [-0.4, -0.2) is 58.3 Å². The number of ether oxygens (including phenoxy) is 2. The zero-order valence-corrected chi connectivity index (χ0v) is 21.8. The minimum Gasteiger partial charge on any atom is -0.497 e. The van der Waals surface area contributed by atoms with Crippen molar-refractivity contribution >= 4 is 41.5 Å². The van der Waals surface area contributed by atoms with Gasteiger partial charge < -0.3 is 30.3 Å². The number of rotatable bonds is 9. The molecular formula is C24H34IN5O3. The lowest BCUT2D eigenvalue weighted by molar-refractivity contribution is -0.119. The fraction of sp³-hybridized carbons (Fsp3) is 0.417. The van der Waals surface area contributed by atoms with Gasteiger partial charge in [0.05, 0.1) is 19.9 Å². The molecule has 0 bridgehead atoms. The molecule has 1 atom stereocenters. The van der Waals surface area contributed by atoms with Crippen molar-refractivity contribution in [3.05, 3.63) is 54.1 Å². The van der Waals surface area contributed by atoms with E-state index in [0.29, 0.717) is 12.5 Å². The van der Waals surface area contributed by atoms with Gasteiger partial charge in [-0.3, -0.25) is 4.79 Å². The van der Waals surface area contributed by atoms with Gasteiger partial charge in [-0.05, 0) is 43.2 Å². The normalized spacial score (nSPS) is 15.4. The number of nitrogens with one attached hydrogen (secondary N) is 3. The van der Waals surface area contributed by atoms with Gasteiger partial charge in [0.25, 0.3) is 0 Å². The standard InChI is InChI=1S/C24H33N5O3.HI/c1-4-25-24(27-16-23(30)26-15-18-9-11-20(31-2)12-10-18)28-19-13-14-29(17-19)21-7-5-6-8-22(21)32-3;/h5-12,19H,4,13-17H2,1-3H3,(H,26,30)(H2,25,27,28);1H. The first-order valence-corrected chi connectivity index (χ1v) is 10.9. The van der Waals surface area contributed by atoms with Crippen LogP contribution >= 0.6 is 24.0 Å². The van der Waals surface area contributed by atoms with E-state index in [4.69, 9.17) is 9.47 Å². The largest absolute Gasteiger partial charge is 0.497 e. The van der Waals surface area contributed by atoms with Crippen LogP contribution in [0.4, 0.5) is 5.69 Å². The topological polar surface area (TPSA) is 87.2 Å². The van der Waals surface area contributed by atoms with E-state index in [9.17, 15) is 4.79 Å². The predicted molar refractivity (Wildman–Crippen MR) is 143 cm³/mol. The average Bonchev–Trinajstić information content (AvgIpc) is 3.30. The molecule has 2 aromatic carbocycles. The number of para-hydroxylation sites is 2. The molecule has 3 N–H and O–H groups in total. The Morgan fingerprint density at radius 2 is 1.85 bits per heavy atom. The number of nitrogens with zero attached hydrogens (tertiary/aromatic N) is 2. The lowest BCUT2D eigenvalue weighted by Gasteiger charge is -2.22. The second-order valence-electron chi connectivity index (χ2n) is 7.57. The number of carbonyl (C=O) groups excluding carboxylic acids is 1. The molecule has 1 unspecified atom stereocenters. The number of methoxy groups -OCH3 is 2. The maximum atomic E-state index is 12.3. The third kappa shape index (κ3) is 7.99. The van der Waals surface area contributed by atoms with Crippen molar-refractivity contribution in [2.75, 3.05) is 45.3 Å². The quantitative estimate of drug-likeness (QED) is 0.246. The molecule has 33 heavy (non-hydrogen) atoms. The number of halogens is 1. The molecule has 0 aromatic heterocycles. The molecule has 9 heteroatoms. The van der Waals surface area contributed by atoms with E-state index in [-0.39, 0.29) is 42.5 Å². The number of carbonyl (C=O) groups is 1. The fourth-order valence-electron chi connectivity index (χ4n) is 3.65. The average molecular weight is 567 g/mol. The molecular weight excluding hydrogens is 533 g/mol. The molecule has 1 fully saturated rings.